The fraction of sp³-hybridized carbons (Fsp3) is 0.958. The molecule has 0 aromatic heterocycles. The molecular weight excluding hydrogens is 384 g/mol. The van der Waals surface area contributed by atoms with Crippen LogP contribution in [-0.4, -0.2) is 42.2 Å². The number of carboxylic acid groups (broad SMARTS) is 1. The molecule has 4 nitrogen and oxygen atoms in total. The minimum Gasteiger partial charge on any atom is -0.481 e. The number of aliphatic carboxylic acids is 1. The molecule has 178 valence electrons. The number of rotatable bonds is 20. The number of unbranched alkanes of at least 4 members (excludes halogenated alkanes) is 14. The van der Waals surface area contributed by atoms with E-state index in [0.717, 1.165) is 39.0 Å². The van der Waals surface area contributed by atoms with E-state index in [2.05, 4.69) is 25.7 Å². The highest BCUT2D eigenvalue weighted by Crippen LogP contribution is 2.13. The van der Waals surface area contributed by atoms with Crippen LogP contribution in [0.1, 0.15) is 124 Å². The van der Waals surface area contributed by atoms with E-state index in [9.17, 15) is 4.79 Å². The zero-order valence-corrected chi connectivity index (χ0v) is 20.7. The number of hydrogen-bond donors (Lipinski definition) is 2. The highest BCUT2D eigenvalue weighted by atomic mass is 35.5. The normalized spacial score (nSPS) is 10.4. The van der Waals surface area contributed by atoms with Crippen LogP contribution < -0.4 is 5.73 Å². The lowest BCUT2D eigenvalue weighted by molar-refractivity contribution is -0.137. The number of hydrogen-bond acceptors (Lipinski definition) is 3. The van der Waals surface area contributed by atoms with Crippen molar-refractivity contribution in [2.45, 2.75) is 124 Å². The van der Waals surface area contributed by atoms with Crippen molar-refractivity contribution < 1.29 is 9.90 Å². The van der Waals surface area contributed by atoms with Gasteiger partial charge in [0.1, 0.15) is 0 Å². The monoisotopic (exact) mass is 436 g/mol. The maximum Gasteiger partial charge on any atom is 0.303 e. The van der Waals surface area contributed by atoms with Gasteiger partial charge in [-0.2, -0.15) is 0 Å². The molecular formula is C24H53ClN2O2. The second-order valence-electron chi connectivity index (χ2n) is 7.91. The van der Waals surface area contributed by atoms with Gasteiger partial charge in [-0.15, -0.1) is 12.4 Å². The smallest absolute Gasteiger partial charge is 0.303 e. The fourth-order valence-corrected chi connectivity index (χ4v) is 3.37. The number of nitrogens with zero attached hydrogens (tertiary/aromatic N) is 1. The molecule has 0 unspecified atom stereocenters. The third-order valence-electron chi connectivity index (χ3n) is 5.33. The van der Waals surface area contributed by atoms with E-state index < -0.39 is 5.97 Å². The molecule has 3 N–H and O–H groups in total. The molecule has 0 atom stereocenters. The molecule has 29 heavy (non-hydrogen) atoms. The van der Waals surface area contributed by atoms with E-state index in [-0.39, 0.29) is 12.4 Å². The van der Waals surface area contributed by atoms with Crippen molar-refractivity contribution in [3.63, 3.8) is 0 Å². The van der Waals surface area contributed by atoms with Crippen LogP contribution in [0.4, 0.5) is 0 Å². The molecule has 0 radical (unpaired) electrons. The van der Waals surface area contributed by atoms with Crippen LogP contribution in [0.3, 0.4) is 0 Å². The van der Waals surface area contributed by atoms with Gasteiger partial charge in [-0.3, -0.25) is 4.79 Å². The van der Waals surface area contributed by atoms with E-state index in [0.29, 0.717) is 6.42 Å². The molecule has 0 aliphatic rings. The molecule has 0 amide bonds. The maximum atomic E-state index is 10.3. The van der Waals surface area contributed by atoms with Gasteiger partial charge in [0, 0.05) is 19.5 Å². The third kappa shape index (κ3) is 32.6. The van der Waals surface area contributed by atoms with Crippen molar-refractivity contribution >= 4 is 18.4 Å². The number of halogens is 1. The zero-order chi connectivity index (χ0) is 21.3. The lowest BCUT2D eigenvalue weighted by atomic mass is 10.0. The molecule has 0 aromatic carbocycles. The second-order valence-corrected chi connectivity index (χ2v) is 7.91. The van der Waals surface area contributed by atoms with E-state index in [4.69, 9.17) is 10.8 Å². The van der Waals surface area contributed by atoms with Crippen LogP contribution in [0.2, 0.25) is 0 Å². The average Bonchev–Trinajstić information content (AvgIpc) is 2.69. The molecule has 0 rings (SSSR count). The Kier molecular flexibility index (Phi) is 34.3. The molecule has 0 fully saturated rings. The van der Waals surface area contributed by atoms with Gasteiger partial charge in [-0.25, -0.2) is 0 Å². The molecule has 5 heteroatoms. The van der Waals surface area contributed by atoms with E-state index >= 15 is 0 Å². The van der Waals surface area contributed by atoms with Gasteiger partial charge in [-0.05, 0) is 19.5 Å². The Hall–Kier alpha value is -0.320. The van der Waals surface area contributed by atoms with Crippen LogP contribution >= 0.6 is 12.4 Å². The van der Waals surface area contributed by atoms with Gasteiger partial charge in [0.05, 0.1) is 0 Å². The number of nitrogens with two attached hydrogens (primary N) is 1. The summed E-state index contributed by atoms with van der Waals surface area (Å²) in [5, 5.41) is 8.52. The zero-order valence-electron chi connectivity index (χ0n) is 19.9. The van der Waals surface area contributed by atoms with Gasteiger partial charge in [-0.1, -0.05) is 111 Å². The van der Waals surface area contributed by atoms with Crippen molar-refractivity contribution in [1.82, 2.24) is 4.90 Å². The predicted octanol–water partition coefficient (Wildman–Crippen LogP) is 7.04. The Bertz CT molecular complexity index is 301. The minimum absolute atomic E-state index is 0. The fourth-order valence-electron chi connectivity index (χ4n) is 3.37. The second kappa shape index (κ2) is 29.9. The summed E-state index contributed by atoms with van der Waals surface area (Å²) in [4.78, 5) is 12.6. The molecule has 0 aromatic rings. The van der Waals surface area contributed by atoms with Crippen LogP contribution in [0, 0.1) is 0 Å². The van der Waals surface area contributed by atoms with Crippen LogP contribution in [-0.2, 0) is 4.79 Å². The summed E-state index contributed by atoms with van der Waals surface area (Å²) in [6, 6.07) is 0. The van der Waals surface area contributed by atoms with E-state index in [1.807, 2.05) is 0 Å². The predicted molar refractivity (Wildman–Crippen MR) is 131 cm³/mol. The summed E-state index contributed by atoms with van der Waals surface area (Å²) in [7, 11) is 0. The van der Waals surface area contributed by atoms with Gasteiger partial charge in [0.25, 0.3) is 0 Å². The molecule has 0 bridgehead atoms. The van der Waals surface area contributed by atoms with Crippen LogP contribution in [0.5, 0.6) is 0 Å². The quantitative estimate of drug-likeness (QED) is 0.201. The van der Waals surface area contributed by atoms with E-state index in [1.54, 1.807) is 0 Å². The van der Waals surface area contributed by atoms with Crippen molar-refractivity contribution in [2.75, 3.05) is 26.2 Å². The number of carbonyl (C=O) groups is 1. The summed E-state index contributed by atoms with van der Waals surface area (Å²) in [5.74, 6) is -0.653. The van der Waals surface area contributed by atoms with Crippen molar-refractivity contribution in [3.8, 4) is 0 Å². The lowest BCUT2D eigenvalue weighted by Gasteiger charge is -2.15. The first-order chi connectivity index (χ1) is 13.6. The Morgan fingerprint density at radius 2 is 1.03 bits per heavy atom. The third-order valence-corrected chi connectivity index (χ3v) is 5.33. The lowest BCUT2D eigenvalue weighted by Crippen LogP contribution is -2.28. The largest absolute Gasteiger partial charge is 0.481 e. The Morgan fingerprint density at radius 3 is 1.28 bits per heavy atom. The summed E-state index contributed by atoms with van der Waals surface area (Å²) in [6.45, 7) is 10.6. The highest BCUT2D eigenvalue weighted by molar-refractivity contribution is 5.85. The summed E-state index contributed by atoms with van der Waals surface area (Å²) in [5.41, 5.74) is 5.34. The topological polar surface area (TPSA) is 66.6 Å². The number of carboxylic acids is 1. The van der Waals surface area contributed by atoms with Crippen molar-refractivity contribution in [2.24, 2.45) is 5.73 Å². The van der Waals surface area contributed by atoms with Crippen LogP contribution in [0.25, 0.3) is 0 Å². The molecule has 0 aliphatic heterocycles. The van der Waals surface area contributed by atoms with Gasteiger partial charge < -0.3 is 15.7 Å². The van der Waals surface area contributed by atoms with Crippen molar-refractivity contribution in [1.29, 1.82) is 0 Å². The minimum atomic E-state index is -0.653. The number of likely N-dealkylation sites (N-methyl/N-ethyl adjacent to an activating group) is 1. The average molecular weight is 437 g/mol. The summed E-state index contributed by atoms with van der Waals surface area (Å²) in [6.07, 6.45) is 20.2. The van der Waals surface area contributed by atoms with Gasteiger partial charge >= 0.3 is 5.97 Å². The summed E-state index contributed by atoms with van der Waals surface area (Å²) < 4.78 is 0. The molecule has 0 heterocycles. The molecule has 0 saturated carbocycles. The molecule has 0 saturated heterocycles. The Morgan fingerprint density at radius 1 is 0.690 bits per heavy atom. The standard InChI is InChI=1S/C18H36O2.C6H16N2.ClH/c1-2-3-4-5-6-7-8-9-10-11-12-13-14-15-16-17-18(19)20;1-3-8(4-2)6-5-7;/h2-17H2,1H3,(H,19,20);3-7H2,1-2H3;1H. The maximum absolute atomic E-state index is 10.3. The summed E-state index contributed by atoms with van der Waals surface area (Å²) >= 11 is 0. The van der Waals surface area contributed by atoms with Gasteiger partial charge in [0.2, 0.25) is 0 Å². The first-order valence-electron chi connectivity index (χ1n) is 12.3. The first kappa shape index (κ1) is 33.3. The first-order valence-corrected chi connectivity index (χ1v) is 12.3. The SMILES string of the molecule is CCCCCCCCCCCCCCCCCC(=O)O.CCN(CC)CCN.Cl. The highest BCUT2D eigenvalue weighted by Gasteiger charge is 1.97. The van der Waals surface area contributed by atoms with E-state index in [1.165, 1.54) is 83.5 Å². The van der Waals surface area contributed by atoms with Crippen LogP contribution in [0.15, 0.2) is 0 Å². The van der Waals surface area contributed by atoms with Gasteiger partial charge in [0.15, 0.2) is 0 Å². The Balaban J connectivity index is -0.000000636. The Labute approximate surface area is 188 Å². The molecule has 0 aliphatic carbocycles. The molecule has 0 spiro atoms. The van der Waals surface area contributed by atoms with Crippen molar-refractivity contribution in [3.05, 3.63) is 0 Å².